The van der Waals surface area contributed by atoms with Gasteiger partial charge in [0.2, 0.25) is 5.91 Å². The van der Waals surface area contributed by atoms with Crippen LogP contribution in [-0.4, -0.2) is 33.5 Å². The van der Waals surface area contributed by atoms with Gasteiger partial charge in [-0.1, -0.05) is 25.0 Å². The van der Waals surface area contributed by atoms with Crippen LogP contribution in [0.3, 0.4) is 0 Å². The van der Waals surface area contributed by atoms with Gasteiger partial charge >= 0.3 is 5.97 Å². The number of hydrogen-bond donors (Lipinski definition) is 3. The summed E-state index contributed by atoms with van der Waals surface area (Å²) in [5.74, 6) is 0.160. The molecule has 1 aromatic carbocycles. The molecule has 0 saturated heterocycles. The monoisotopic (exact) mass is 317 g/mol. The minimum atomic E-state index is -0.756. The van der Waals surface area contributed by atoms with E-state index in [0.29, 0.717) is 25.8 Å². The number of aromatic amines is 1. The van der Waals surface area contributed by atoms with Crippen LogP contribution >= 0.6 is 0 Å². The maximum Gasteiger partial charge on any atom is 0.303 e. The Morgan fingerprint density at radius 1 is 1.09 bits per heavy atom. The summed E-state index contributed by atoms with van der Waals surface area (Å²) in [5.41, 5.74) is 1.95. The molecule has 2 rings (SSSR count). The molecule has 1 amide bonds. The van der Waals surface area contributed by atoms with Gasteiger partial charge in [0.1, 0.15) is 5.82 Å². The van der Waals surface area contributed by atoms with E-state index < -0.39 is 5.97 Å². The van der Waals surface area contributed by atoms with E-state index in [2.05, 4.69) is 15.3 Å². The van der Waals surface area contributed by atoms with Crippen LogP contribution in [0.4, 0.5) is 0 Å². The lowest BCUT2D eigenvalue weighted by Crippen LogP contribution is -2.25. The van der Waals surface area contributed by atoms with Crippen LogP contribution in [0.15, 0.2) is 24.3 Å². The van der Waals surface area contributed by atoms with Crippen molar-refractivity contribution < 1.29 is 14.7 Å². The molecule has 124 valence electrons. The lowest BCUT2D eigenvalue weighted by molar-refractivity contribution is -0.137. The normalized spacial score (nSPS) is 10.8. The topological polar surface area (TPSA) is 95.1 Å². The number of benzene rings is 1. The van der Waals surface area contributed by atoms with Crippen molar-refractivity contribution in [1.29, 1.82) is 0 Å². The van der Waals surface area contributed by atoms with Gasteiger partial charge in [-0.3, -0.25) is 9.59 Å². The number of carboxylic acids is 1. The first-order valence-electron chi connectivity index (χ1n) is 8.07. The Labute approximate surface area is 135 Å². The summed E-state index contributed by atoms with van der Waals surface area (Å²) in [6.45, 7) is 0.567. The number of amides is 1. The van der Waals surface area contributed by atoms with Gasteiger partial charge in [0.25, 0.3) is 0 Å². The molecule has 0 bridgehead atoms. The van der Waals surface area contributed by atoms with E-state index in [1.54, 1.807) is 0 Å². The number of rotatable bonds is 10. The molecule has 0 radical (unpaired) electrons. The van der Waals surface area contributed by atoms with Gasteiger partial charge in [0.05, 0.1) is 11.0 Å². The van der Waals surface area contributed by atoms with Crippen LogP contribution in [0.2, 0.25) is 0 Å². The van der Waals surface area contributed by atoms with E-state index in [9.17, 15) is 9.59 Å². The third kappa shape index (κ3) is 6.10. The van der Waals surface area contributed by atoms with Crippen molar-refractivity contribution in [2.24, 2.45) is 0 Å². The van der Waals surface area contributed by atoms with Crippen molar-refractivity contribution in [3.05, 3.63) is 30.1 Å². The van der Waals surface area contributed by atoms with Crippen LogP contribution in [0.5, 0.6) is 0 Å². The molecule has 3 N–H and O–H groups in total. The average molecular weight is 317 g/mol. The van der Waals surface area contributed by atoms with Gasteiger partial charge in [-0.15, -0.1) is 0 Å². The highest BCUT2D eigenvalue weighted by Crippen LogP contribution is 2.10. The Morgan fingerprint density at radius 2 is 1.83 bits per heavy atom. The molecule has 0 spiro atoms. The number of para-hydroxylation sites is 2. The first kappa shape index (κ1) is 17.0. The lowest BCUT2D eigenvalue weighted by Gasteiger charge is -2.04. The van der Waals surface area contributed by atoms with Gasteiger partial charge in [0.15, 0.2) is 0 Å². The molecule has 0 aliphatic carbocycles. The van der Waals surface area contributed by atoms with Gasteiger partial charge in [-0.05, 0) is 25.0 Å². The summed E-state index contributed by atoms with van der Waals surface area (Å²) in [6.07, 6.45) is 4.62. The lowest BCUT2D eigenvalue weighted by atomic mass is 10.1. The van der Waals surface area contributed by atoms with Crippen molar-refractivity contribution in [1.82, 2.24) is 15.3 Å². The molecule has 6 heteroatoms. The Hall–Kier alpha value is -2.37. The summed E-state index contributed by atoms with van der Waals surface area (Å²) in [7, 11) is 0. The number of fused-ring (bicyclic) bond motifs is 1. The van der Waals surface area contributed by atoms with E-state index >= 15 is 0 Å². The zero-order chi connectivity index (χ0) is 16.5. The molecule has 0 aliphatic heterocycles. The standard InChI is InChI=1S/C17H23N3O3/c21-16(9-3-1-2-4-10-17(22)23)18-12-11-15-19-13-7-5-6-8-14(13)20-15/h5-8H,1-4,9-12H2,(H,18,21)(H,19,20)(H,22,23). The number of imidazole rings is 1. The molecular formula is C17H23N3O3. The van der Waals surface area contributed by atoms with E-state index in [1.807, 2.05) is 24.3 Å². The first-order valence-corrected chi connectivity index (χ1v) is 8.07. The van der Waals surface area contributed by atoms with Crippen LogP contribution in [0.25, 0.3) is 11.0 Å². The fraction of sp³-hybridized carbons (Fsp3) is 0.471. The predicted molar refractivity (Wildman–Crippen MR) is 88.1 cm³/mol. The summed E-state index contributed by atoms with van der Waals surface area (Å²) in [4.78, 5) is 29.8. The van der Waals surface area contributed by atoms with E-state index in [1.165, 1.54) is 0 Å². The molecule has 0 saturated carbocycles. The molecule has 0 fully saturated rings. The van der Waals surface area contributed by atoms with Crippen molar-refractivity contribution in [3.8, 4) is 0 Å². The van der Waals surface area contributed by atoms with Crippen LogP contribution in [0, 0.1) is 0 Å². The zero-order valence-corrected chi connectivity index (χ0v) is 13.2. The highest BCUT2D eigenvalue weighted by atomic mass is 16.4. The highest BCUT2D eigenvalue weighted by Gasteiger charge is 2.04. The van der Waals surface area contributed by atoms with E-state index in [-0.39, 0.29) is 12.3 Å². The SMILES string of the molecule is O=C(O)CCCCCCC(=O)NCCc1nc2ccccc2[nH]1. The number of nitrogens with zero attached hydrogens (tertiary/aromatic N) is 1. The average Bonchev–Trinajstić information content (AvgIpc) is 2.93. The number of aliphatic carboxylic acids is 1. The number of nitrogens with one attached hydrogen (secondary N) is 2. The number of carboxylic acid groups (broad SMARTS) is 1. The largest absolute Gasteiger partial charge is 0.481 e. The quantitative estimate of drug-likeness (QED) is 0.587. The van der Waals surface area contributed by atoms with Crippen molar-refractivity contribution in [3.63, 3.8) is 0 Å². The van der Waals surface area contributed by atoms with Gasteiger partial charge < -0.3 is 15.4 Å². The number of unbranched alkanes of at least 4 members (excludes halogenated alkanes) is 3. The van der Waals surface area contributed by atoms with E-state index in [0.717, 1.165) is 36.1 Å². The molecule has 1 heterocycles. The Morgan fingerprint density at radius 3 is 2.57 bits per heavy atom. The predicted octanol–water partition coefficient (Wildman–Crippen LogP) is 2.65. The highest BCUT2D eigenvalue weighted by molar-refractivity contribution is 5.76. The summed E-state index contributed by atoms with van der Waals surface area (Å²) in [5, 5.41) is 11.4. The minimum absolute atomic E-state index is 0.0411. The van der Waals surface area contributed by atoms with Crippen LogP contribution in [-0.2, 0) is 16.0 Å². The molecule has 0 unspecified atom stereocenters. The van der Waals surface area contributed by atoms with E-state index in [4.69, 9.17) is 5.11 Å². The Kier molecular flexibility index (Phi) is 6.59. The second-order valence-electron chi connectivity index (χ2n) is 5.61. The number of carbonyl (C=O) groups is 2. The maximum atomic E-state index is 11.7. The number of carbonyl (C=O) groups excluding carboxylic acids is 1. The Bertz CT molecular complexity index is 618. The molecule has 2 aromatic rings. The summed E-state index contributed by atoms with van der Waals surface area (Å²) >= 11 is 0. The van der Waals surface area contributed by atoms with Crippen LogP contribution < -0.4 is 5.32 Å². The molecule has 0 aliphatic rings. The summed E-state index contributed by atoms with van der Waals surface area (Å²) in [6, 6.07) is 7.85. The molecular weight excluding hydrogens is 294 g/mol. The minimum Gasteiger partial charge on any atom is -0.481 e. The summed E-state index contributed by atoms with van der Waals surface area (Å²) < 4.78 is 0. The van der Waals surface area contributed by atoms with Crippen molar-refractivity contribution in [2.75, 3.05) is 6.54 Å². The second kappa shape index (κ2) is 8.92. The fourth-order valence-electron chi connectivity index (χ4n) is 2.45. The van der Waals surface area contributed by atoms with Gasteiger partial charge in [0, 0.05) is 25.8 Å². The molecule has 23 heavy (non-hydrogen) atoms. The third-order valence-electron chi connectivity index (χ3n) is 3.67. The first-order chi connectivity index (χ1) is 11.1. The van der Waals surface area contributed by atoms with Crippen LogP contribution in [0.1, 0.15) is 44.3 Å². The fourth-order valence-corrected chi connectivity index (χ4v) is 2.45. The van der Waals surface area contributed by atoms with Crippen molar-refractivity contribution in [2.45, 2.75) is 44.9 Å². The molecule has 1 aromatic heterocycles. The Balaban J connectivity index is 1.57. The third-order valence-corrected chi connectivity index (χ3v) is 3.67. The number of hydrogen-bond acceptors (Lipinski definition) is 3. The second-order valence-corrected chi connectivity index (χ2v) is 5.61. The zero-order valence-electron chi connectivity index (χ0n) is 13.2. The van der Waals surface area contributed by atoms with Gasteiger partial charge in [-0.2, -0.15) is 0 Å². The van der Waals surface area contributed by atoms with Gasteiger partial charge in [-0.25, -0.2) is 4.98 Å². The number of H-pyrrole nitrogens is 1. The van der Waals surface area contributed by atoms with Crippen molar-refractivity contribution >= 4 is 22.9 Å². The number of aromatic nitrogens is 2. The smallest absolute Gasteiger partial charge is 0.303 e. The maximum absolute atomic E-state index is 11.7. The molecule has 6 nitrogen and oxygen atoms in total. The molecule has 0 atom stereocenters.